The highest BCUT2D eigenvalue weighted by Crippen LogP contribution is 2.15. The maximum absolute atomic E-state index is 12.4. The van der Waals surface area contributed by atoms with Crippen molar-refractivity contribution in [1.29, 1.82) is 0 Å². The highest BCUT2D eigenvalue weighted by molar-refractivity contribution is 9.10. The molecular weight excluding hydrogens is 356 g/mol. The molecule has 0 spiro atoms. The van der Waals surface area contributed by atoms with Crippen molar-refractivity contribution >= 4 is 39.3 Å². The van der Waals surface area contributed by atoms with Gasteiger partial charge in [-0.1, -0.05) is 22.0 Å². The molecular formula is C15H18BrClN2O2. The molecule has 1 aromatic carbocycles. The zero-order valence-electron chi connectivity index (χ0n) is 11.7. The lowest BCUT2D eigenvalue weighted by atomic mass is 10.1. The van der Waals surface area contributed by atoms with Gasteiger partial charge in [-0.3, -0.25) is 9.59 Å². The highest BCUT2D eigenvalue weighted by Gasteiger charge is 2.24. The topological polar surface area (TPSA) is 40.6 Å². The second kappa shape index (κ2) is 7.80. The molecule has 1 aromatic rings. The molecule has 0 aliphatic carbocycles. The minimum absolute atomic E-state index is 0.0177. The smallest absolute Gasteiger partial charge is 0.254 e. The average Bonchev–Trinajstić information content (AvgIpc) is 2.52. The van der Waals surface area contributed by atoms with E-state index in [4.69, 9.17) is 11.6 Å². The Morgan fingerprint density at radius 1 is 1.14 bits per heavy atom. The van der Waals surface area contributed by atoms with Crippen molar-refractivity contribution < 1.29 is 9.59 Å². The van der Waals surface area contributed by atoms with E-state index in [2.05, 4.69) is 15.9 Å². The first-order valence-electron chi connectivity index (χ1n) is 7.00. The van der Waals surface area contributed by atoms with Crippen LogP contribution >= 0.6 is 27.5 Å². The standard InChI is InChI=1S/C15H18BrClN2O2/c16-13-4-1-3-12(11-13)15(21)19-9-7-18(8-10-19)14(20)5-2-6-17/h1,3-4,11H,2,5-10H2. The Morgan fingerprint density at radius 3 is 2.43 bits per heavy atom. The zero-order chi connectivity index (χ0) is 15.2. The minimum atomic E-state index is 0.0177. The maximum Gasteiger partial charge on any atom is 0.254 e. The summed E-state index contributed by atoms with van der Waals surface area (Å²) in [6.07, 6.45) is 1.20. The molecule has 1 aliphatic heterocycles. The molecule has 1 heterocycles. The van der Waals surface area contributed by atoms with Crippen LogP contribution in [0, 0.1) is 0 Å². The molecule has 6 heteroatoms. The number of carbonyl (C=O) groups is 2. The molecule has 0 unspecified atom stereocenters. The number of piperazine rings is 1. The summed E-state index contributed by atoms with van der Waals surface area (Å²) in [4.78, 5) is 27.9. The Hall–Kier alpha value is -1.07. The minimum Gasteiger partial charge on any atom is -0.339 e. The Bertz CT molecular complexity index is 516. The first-order chi connectivity index (χ1) is 10.1. The third kappa shape index (κ3) is 4.45. The Balaban J connectivity index is 1.89. The first kappa shape index (κ1) is 16.3. The monoisotopic (exact) mass is 372 g/mol. The van der Waals surface area contributed by atoms with Crippen LogP contribution in [-0.4, -0.2) is 53.7 Å². The molecule has 1 fully saturated rings. The lowest BCUT2D eigenvalue weighted by Crippen LogP contribution is -2.50. The number of hydrogen-bond acceptors (Lipinski definition) is 2. The van der Waals surface area contributed by atoms with Crippen molar-refractivity contribution in [2.24, 2.45) is 0 Å². The van der Waals surface area contributed by atoms with Gasteiger partial charge in [-0.2, -0.15) is 0 Å². The van der Waals surface area contributed by atoms with E-state index in [0.717, 1.165) is 4.47 Å². The molecule has 1 saturated heterocycles. The molecule has 0 bridgehead atoms. The summed E-state index contributed by atoms with van der Waals surface area (Å²) in [5, 5.41) is 0. The quantitative estimate of drug-likeness (QED) is 0.762. The molecule has 21 heavy (non-hydrogen) atoms. The fourth-order valence-corrected chi connectivity index (χ4v) is 2.87. The number of benzene rings is 1. The number of rotatable bonds is 4. The van der Waals surface area contributed by atoms with Crippen LogP contribution in [0.25, 0.3) is 0 Å². The van der Waals surface area contributed by atoms with Crippen molar-refractivity contribution in [3.8, 4) is 0 Å². The summed E-state index contributed by atoms with van der Waals surface area (Å²) in [6, 6.07) is 7.37. The number of alkyl halides is 1. The number of hydrogen-bond donors (Lipinski definition) is 0. The van der Waals surface area contributed by atoms with Crippen LogP contribution in [0.5, 0.6) is 0 Å². The van der Waals surface area contributed by atoms with Gasteiger partial charge in [0.1, 0.15) is 0 Å². The first-order valence-corrected chi connectivity index (χ1v) is 8.33. The van der Waals surface area contributed by atoms with E-state index >= 15 is 0 Å². The zero-order valence-corrected chi connectivity index (χ0v) is 14.1. The molecule has 0 atom stereocenters. The lowest BCUT2D eigenvalue weighted by Gasteiger charge is -2.35. The summed E-state index contributed by atoms with van der Waals surface area (Å²) in [7, 11) is 0. The van der Waals surface area contributed by atoms with Crippen LogP contribution in [0.1, 0.15) is 23.2 Å². The summed E-state index contributed by atoms with van der Waals surface area (Å²) in [6.45, 7) is 2.36. The van der Waals surface area contributed by atoms with Gasteiger partial charge in [-0.05, 0) is 24.6 Å². The number of nitrogens with zero attached hydrogens (tertiary/aromatic N) is 2. The molecule has 0 aromatic heterocycles. The van der Waals surface area contributed by atoms with Gasteiger partial charge in [0.2, 0.25) is 5.91 Å². The van der Waals surface area contributed by atoms with Crippen molar-refractivity contribution in [2.75, 3.05) is 32.1 Å². The third-order valence-corrected chi connectivity index (χ3v) is 4.28. The predicted octanol–water partition coefficient (Wildman–Crippen LogP) is 2.75. The van der Waals surface area contributed by atoms with Crippen LogP contribution in [0.3, 0.4) is 0 Å². The van der Waals surface area contributed by atoms with E-state index in [9.17, 15) is 9.59 Å². The van der Waals surface area contributed by atoms with Crippen LogP contribution in [0.15, 0.2) is 28.7 Å². The number of halogens is 2. The van der Waals surface area contributed by atoms with Crippen molar-refractivity contribution in [3.05, 3.63) is 34.3 Å². The third-order valence-electron chi connectivity index (χ3n) is 3.52. The van der Waals surface area contributed by atoms with Gasteiger partial charge in [0.05, 0.1) is 0 Å². The summed E-state index contributed by atoms with van der Waals surface area (Å²) in [5.74, 6) is 0.655. The molecule has 2 rings (SSSR count). The Morgan fingerprint density at radius 2 is 1.81 bits per heavy atom. The van der Waals surface area contributed by atoms with E-state index in [-0.39, 0.29) is 11.8 Å². The molecule has 2 amide bonds. The fourth-order valence-electron chi connectivity index (χ4n) is 2.34. The average molecular weight is 374 g/mol. The van der Waals surface area contributed by atoms with Crippen molar-refractivity contribution in [2.45, 2.75) is 12.8 Å². The lowest BCUT2D eigenvalue weighted by molar-refractivity contribution is -0.132. The largest absolute Gasteiger partial charge is 0.339 e. The predicted molar refractivity (Wildman–Crippen MR) is 86.6 cm³/mol. The SMILES string of the molecule is O=C(CCCCl)N1CCN(C(=O)c2cccc(Br)c2)CC1. The molecule has 1 aliphatic rings. The summed E-state index contributed by atoms with van der Waals surface area (Å²) >= 11 is 8.98. The van der Waals surface area contributed by atoms with Crippen LogP contribution in [0.4, 0.5) is 0 Å². The Kier molecular flexibility index (Phi) is 6.06. The van der Waals surface area contributed by atoms with E-state index < -0.39 is 0 Å². The summed E-state index contributed by atoms with van der Waals surface area (Å²) in [5.41, 5.74) is 0.672. The van der Waals surface area contributed by atoms with Gasteiger partial charge in [-0.25, -0.2) is 0 Å². The van der Waals surface area contributed by atoms with Crippen LogP contribution < -0.4 is 0 Å². The van der Waals surface area contributed by atoms with E-state index in [1.807, 2.05) is 29.2 Å². The number of carbonyl (C=O) groups excluding carboxylic acids is 2. The van der Waals surface area contributed by atoms with E-state index in [1.54, 1.807) is 4.90 Å². The van der Waals surface area contributed by atoms with Crippen molar-refractivity contribution in [3.63, 3.8) is 0 Å². The van der Waals surface area contributed by atoms with Crippen LogP contribution in [-0.2, 0) is 4.79 Å². The van der Waals surface area contributed by atoms with E-state index in [1.165, 1.54) is 0 Å². The number of amides is 2. The van der Waals surface area contributed by atoms with Gasteiger partial charge in [0.15, 0.2) is 0 Å². The highest BCUT2D eigenvalue weighted by atomic mass is 79.9. The fraction of sp³-hybridized carbons (Fsp3) is 0.467. The molecule has 0 N–H and O–H groups in total. The molecule has 114 valence electrons. The van der Waals surface area contributed by atoms with Gasteiger partial charge in [0.25, 0.3) is 5.91 Å². The van der Waals surface area contributed by atoms with Crippen molar-refractivity contribution in [1.82, 2.24) is 9.80 Å². The van der Waals surface area contributed by atoms with Gasteiger partial charge in [-0.15, -0.1) is 11.6 Å². The second-order valence-electron chi connectivity index (χ2n) is 4.98. The Labute approximate surface area is 138 Å². The van der Waals surface area contributed by atoms with E-state index in [0.29, 0.717) is 50.5 Å². The summed E-state index contributed by atoms with van der Waals surface area (Å²) < 4.78 is 0.892. The van der Waals surface area contributed by atoms with Gasteiger partial charge >= 0.3 is 0 Å². The normalized spacial score (nSPS) is 15.1. The molecule has 0 radical (unpaired) electrons. The molecule has 4 nitrogen and oxygen atoms in total. The van der Waals surface area contributed by atoms with Crippen LogP contribution in [0.2, 0.25) is 0 Å². The van der Waals surface area contributed by atoms with Gasteiger partial charge < -0.3 is 9.80 Å². The maximum atomic E-state index is 12.4. The van der Waals surface area contributed by atoms with Gasteiger partial charge in [0, 0.05) is 48.5 Å². The second-order valence-corrected chi connectivity index (χ2v) is 6.27. The molecule has 0 saturated carbocycles.